The summed E-state index contributed by atoms with van der Waals surface area (Å²) < 4.78 is 6.88. The van der Waals surface area contributed by atoms with Crippen molar-refractivity contribution in [3.63, 3.8) is 0 Å². The predicted octanol–water partition coefficient (Wildman–Crippen LogP) is 5.39. The highest BCUT2D eigenvalue weighted by atomic mass is 79.9. The van der Waals surface area contributed by atoms with Crippen molar-refractivity contribution in [2.24, 2.45) is 0 Å². The number of benzene rings is 2. The van der Waals surface area contributed by atoms with Crippen LogP contribution >= 0.6 is 15.9 Å². The van der Waals surface area contributed by atoms with Gasteiger partial charge in [-0.3, -0.25) is 4.79 Å². The zero-order valence-corrected chi connectivity index (χ0v) is 16.6. The molecule has 1 aliphatic carbocycles. The molecule has 1 amide bonds. The Kier molecular flexibility index (Phi) is 5.18. The van der Waals surface area contributed by atoms with E-state index < -0.39 is 0 Å². The molecule has 0 N–H and O–H groups in total. The van der Waals surface area contributed by atoms with E-state index >= 15 is 0 Å². The largest absolute Gasteiger partial charge is 0.491 e. The van der Waals surface area contributed by atoms with Crippen molar-refractivity contribution in [2.75, 3.05) is 6.54 Å². The van der Waals surface area contributed by atoms with Crippen molar-refractivity contribution in [1.82, 2.24) is 4.90 Å². The first-order chi connectivity index (χ1) is 13.2. The van der Waals surface area contributed by atoms with Gasteiger partial charge < -0.3 is 9.64 Å². The molecule has 1 fully saturated rings. The van der Waals surface area contributed by atoms with Gasteiger partial charge in [-0.05, 0) is 55.9 Å². The van der Waals surface area contributed by atoms with E-state index in [1.54, 1.807) is 6.07 Å². The molecule has 4 rings (SSSR count). The fraction of sp³-hybridized carbons (Fsp3) is 0.364. The Hall–Kier alpha value is -2.32. The average Bonchev–Trinajstić information content (AvgIpc) is 2.69. The van der Waals surface area contributed by atoms with Gasteiger partial charge in [0.25, 0.3) is 5.91 Å². The number of ether oxygens (including phenoxy) is 1. The molecule has 5 heteroatoms. The second-order valence-corrected chi connectivity index (χ2v) is 8.03. The normalized spacial score (nSPS) is 22.1. The lowest BCUT2D eigenvalue weighted by Crippen LogP contribution is -2.47. The quantitative estimate of drug-likeness (QED) is 0.618. The molecule has 0 aromatic heterocycles. The van der Waals surface area contributed by atoms with E-state index in [0.29, 0.717) is 11.7 Å². The monoisotopic (exact) mass is 424 g/mol. The maximum Gasteiger partial charge on any atom is 0.254 e. The Morgan fingerprint density at radius 1 is 1.11 bits per heavy atom. The van der Waals surface area contributed by atoms with Gasteiger partial charge in [-0.1, -0.05) is 40.2 Å². The van der Waals surface area contributed by atoms with Crippen molar-refractivity contribution < 1.29 is 9.53 Å². The number of amides is 1. The standard InChI is InChI=1S/C22H21BrN2O2/c1-24-21-11-10-18(14-20(21)23)27-17-8-6-16(7-9-17)25-13-12-15-4-2-3-5-19(15)22(25)26/h2-5,10-11,14,16-17H,6-9,12-13H2. The van der Waals surface area contributed by atoms with E-state index in [2.05, 4.69) is 31.7 Å². The number of fused-ring (bicyclic) bond motifs is 1. The Morgan fingerprint density at radius 3 is 2.63 bits per heavy atom. The lowest BCUT2D eigenvalue weighted by molar-refractivity contribution is 0.0520. The molecule has 27 heavy (non-hydrogen) atoms. The van der Waals surface area contributed by atoms with Crippen molar-refractivity contribution in [2.45, 2.75) is 44.2 Å². The first-order valence-corrected chi connectivity index (χ1v) is 10.2. The maximum absolute atomic E-state index is 12.9. The van der Waals surface area contributed by atoms with Crippen LogP contribution in [0.25, 0.3) is 4.85 Å². The summed E-state index contributed by atoms with van der Waals surface area (Å²) in [6.07, 6.45) is 4.94. The highest BCUT2D eigenvalue weighted by molar-refractivity contribution is 9.10. The van der Waals surface area contributed by atoms with Crippen LogP contribution in [-0.4, -0.2) is 29.5 Å². The van der Waals surface area contributed by atoms with Crippen LogP contribution in [-0.2, 0) is 6.42 Å². The van der Waals surface area contributed by atoms with Crippen molar-refractivity contribution >= 4 is 27.5 Å². The Balaban J connectivity index is 1.36. The molecule has 0 spiro atoms. The minimum Gasteiger partial charge on any atom is -0.491 e. The molecule has 0 saturated heterocycles. The third-order valence-corrected chi connectivity index (χ3v) is 6.19. The van der Waals surface area contributed by atoms with Gasteiger partial charge >= 0.3 is 0 Å². The average molecular weight is 425 g/mol. The topological polar surface area (TPSA) is 33.9 Å². The molecule has 1 aliphatic heterocycles. The fourth-order valence-electron chi connectivity index (χ4n) is 4.11. The van der Waals surface area contributed by atoms with Crippen LogP contribution < -0.4 is 4.74 Å². The van der Waals surface area contributed by atoms with Crippen LogP contribution in [0.1, 0.15) is 41.6 Å². The van der Waals surface area contributed by atoms with E-state index in [1.807, 2.05) is 30.3 Å². The molecule has 2 aromatic rings. The molecule has 2 aromatic carbocycles. The summed E-state index contributed by atoms with van der Waals surface area (Å²) >= 11 is 3.42. The highest BCUT2D eigenvalue weighted by Gasteiger charge is 2.33. The van der Waals surface area contributed by atoms with E-state index in [4.69, 9.17) is 11.3 Å². The lowest BCUT2D eigenvalue weighted by atomic mass is 9.89. The van der Waals surface area contributed by atoms with Crippen LogP contribution in [0.15, 0.2) is 46.9 Å². The summed E-state index contributed by atoms with van der Waals surface area (Å²) in [4.78, 5) is 18.4. The maximum atomic E-state index is 12.9. The van der Waals surface area contributed by atoms with Gasteiger partial charge in [0.05, 0.1) is 12.7 Å². The molecule has 0 radical (unpaired) electrons. The van der Waals surface area contributed by atoms with Gasteiger partial charge in [0.2, 0.25) is 5.69 Å². The minimum atomic E-state index is 0.166. The van der Waals surface area contributed by atoms with Gasteiger partial charge in [0, 0.05) is 22.6 Å². The smallest absolute Gasteiger partial charge is 0.254 e. The molecule has 1 saturated carbocycles. The third kappa shape index (κ3) is 3.72. The second kappa shape index (κ2) is 7.74. The lowest BCUT2D eigenvalue weighted by Gasteiger charge is -2.39. The van der Waals surface area contributed by atoms with Crippen molar-refractivity contribution in [3.8, 4) is 5.75 Å². The summed E-state index contributed by atoms with van der Waals surface area (Å²) in [6, 6.07) is 13.8. The molecule has 0 atom stereocenters. The van der Waals surface area contributed by atoms with Crippen LogP contribution in [0.4, 0.5) is 5.69 Å². The number of nitrogens with zero attached hydrogens (tertiary/aromatic N) is 2. The van der Waals surface area contributed by atoms with Crippen molar-refractivity contribution in [1.29, 1.82) is 0 Å². The number of rotatable bonds is 3. The molecule has 4 nitrogen and oxygen atoms in total. The summed E-state index contributed by atoms with van der Waals surface area (Å²) in [6.45, 7) is 7.93. The molecule has 1 heterocycles. The van der Waals surface area contributed by atoms with Gasteiger partial charge in [-0.25, -0.2) is 4.85 Å². The zero-order valence-electron chi connectivity index (χ0n) is 15.0. The molecule has 0 unspecified atom stereocenters. The predicted molar refractivity (Wildman–Crippen MR) is 108 cm³/mol. The zero-order chi connectivity index (χ0) is 18.8. The van der Waals surface area contributed by atoms with E-state index in [9.17, 15) is 4.79 Å². The molecule has 0 bridgehead atoms. The van der Waals surface area contributed by atoms with E-state index in [0.717, 1.165) is 54.4 Å². The second-order valence-electron chi connectivity index (χ2n) is 7.18. The van der Waals surface area contributed by atoms with E-state index in [-0.39, 0.29) is 12.0 Å². The first kappa shape index (κ1) is 18.1. The van der Waals surface area contributed by atoms with Gasteiger partial charge in [0.15, 0.2) is 0 Å². The van der Waals surface area contributed by atoms with Crippen LogP contribution in [0, 0.1) is 6.57 Å². The number of hydrogen-bond acceptors (Lipinski definition) is 2. The number of carbonyl (C=O) groups is 1. The van der Waals surface area contributed by atoms with Crippen LogP contribution in [0.2, 0.25) is 0 Å². The third-order valence-electron chi connectivity index (χ3n) is 5.56. The Morgan fingerprint density at radius 2 is 1.89 bits per heavy atom. The summed E-state index contributed by atoms with van der Waals surface area (Å²) in [5, 5.41) is 0. The SMILES string of the molecule is [C-]#[N+]c1ccc(OC2CCC(N3CCc4ccccc4C3=O)CC2)cc1Br. The first-order valence-electron chi connectivity index (χ1n) is 9.38. The molecule has 2 aliphatic rings. The Labute approximate surface area is 168 Å². The van der Waals surface area contributed by atoms with E-state index in [1.165, 1.54) is 5.56 Å². The van der Waals surface area contributed by atoms with Crippen LogP contribution in [0.5, 0.6) is 5.75 Å². The summed E-state index contributed by atoms with van der Waals surface area (Å²) in [5.74, 6) is 0.973. The van der Waals surface area contributed by atoms with Crippen LogP contribution in [0.3, 0.4) is 0 Å². The van der Waals surface area contributed by atoms with Gasteiger partial charge in [0.1, 0.15) is 5.75 Å². The van der Waals surface area contributed by atoms with Gasteiger partial charge in [-0.2, -0.15) is 0 Å². The fourth-order valence-corrected chi connectivity index (χ4v) is 4.56. The number of halogens is 1. The highest BCUT2D eigenvalue weighted by Crippen LogP contribution is 2.33. The minimum absolute atomic E-state index is 0.166. The summed E-state index contributed by atoms with van der Waals surface area (Å²) in [5.41, 5.74) is 2.63. The number of hydrogen-bond donors (Lipinski definition) is 0. The van der Waals surface area contributed by atoms with Crippen molar-refractivity contribution in [3.05, 3.63) is 69.5 Å². The summed E-state index contributed by atoms with van der Waals surface area (Å²) in [7, 11) is 0. The molecular weight excluding hydrogens is 404 g/mol. The van der Waals surface area contributed by atoms with Gasteiger partial charge in [-0.15, -0.1) is 0 Å². The molecular formula is C22H21BrN2O2. The number of carbonyl (C=O) groups excluding carboxylic acids is 1. The Bertz CT molecular complexity index is 897. The molecule has 138 valence electrons.